The van der Waals surface area contributed by atoms with Gasteiger partial charge in [-0.05, 0) is 24.7 Å². The Morgan fingerprint density at radius 1 is 1.27 bits per heavy atom. The lowest BCUT2D eigenvalue weighted by atomic mass is 10.2. The van der Waals surface area contributed by atoms with Gasteiger partial charge in [0.05, 0.1) is 13.2 Å². The summed E-state index contributed by atoms with van der Waals surface area (Å²) in [6.07, 6.45) is 0.917. The minimum absolute atomic E-state index is 0.192. The zero-order valence-electron chi connectivity index (χ0n) is 8.63. The van der Waals surface area contributed by atoms with Gasteiger partial charge < -0.3 is 14.8 Å². The van der Waals surface area contributed by atoms with Crippen LogP contribution in [-0.4, -0.2) is 20.3 Å². The molecule has 4 heteroatoms. The molecule has 0 saturated carbocycles. The van der Waals surface area contributed by atoms with Crippen LogP contribution in [0, 0.1) is 0 Å². The van der Waals surface area contributed by atoms with Crippen LogP contribution in [-0.2, 0) is 0 Å². The molecule has 1 aliphatic rings. The van der Waals surface area contributed by atoms with E-state index in [0.29, 0.717) is 13.2 Å². The molecule has 0 aliphatic carbocycles. The maximum absolute atomic E-state index is 6.07. The molecule has 1 atom stereocenters. The molecule has 82 valence electrons. The molecule has 0 saturated heterocycles. The van der Waals surface area contributed by atoms with Crippen LogP contribution in [0.1, 0.15) is 17.5 Å². The monoisotopic (exact) mass is 227 g/mol. The normalized spacial score (nSPS) is 16.9. The lowest BCUT2D eigenvalue weighted by Crippen LogP contribution is -2.09. The van der Waals surface area contributed by atoms with Gasteiger partial charge in [-0.2, -0.15) is 0 Å². The first kappa shape index (κ1) is 10.6. The number of ether oxygens (including phenoxy) is 2. The van der Waals surface area contributed by atoms with E-state index in [4.69, 9.17) is 21.1 Å². The van der Waals surface area contributed by atoms with E-state index >= 15 is 0 Å². The van der Waals surface area contributed by atoms with Gasteiger partial charge in [-0.25, -0.2) is 0 Å². The summed E-state index contributed by atoms with van der Waals surface area (Å²) >= 11 is 6.07. The molecular formula is C11H14ClNO2. The summed E-state index contributed by atoms with van der Waals surface area (Å²) in [5.74, 6) is 1.59. The summed E-state index contributed by atoms with van der Waals surface area (Å²) in [4.78, 5) is 0. The Bertz CT molecular complexity index is 343. The smallest absolute Gasteiger partial charge is 0.161 e. The number of nitrogens with one attached hydrogen (secondary N) is 1. The lowest BCUT2D eigenvalue weighted by molar-refractivity contribution is 0.297. The summed E-state index contributed by atoms with van der Waals surface area (Å²) < 4.78 is 11.1. The van der Waals surface area contributed by atoms with Crippen molar-refractivity contribution in [1.29, 1.82) is 0 Å². The van der Waals surface area contributed by atoms with Crippen LogP contribution in [0.25, 0.3) is 0 Å². The molecule has 1 N–H and O–H groups in total. The minimum Gasteiger partial charge on any atom is -0.490 e. The molecule has 0 amide bonds. The van der Waals surface area contributed by atoms with E-state index in [9.17, 15) is 0 Å². The predicted molar refractivity (Wildman–Crippen MR) is 59.7 cm³/mol. The first-order valence-electron chi connectivity index (χ1n) is 5.02. The molecule has 1 aromatic rings. The fourth-order valence-corrected chi connectivity index (χ4v) is 1.64. The standard InChI is InChI=1S/C11H14ClNO2/c1-13-11(12)8-3-4-9-10(7-8)15-6-2-5-14-9/h3-4,7,11,13H,2,5-6H2,1H3. The van der Waals surface area contributed by atoms with Crippen molar-refractivity contribution >= 4 is 11.6 Å². The van der Waals surface area contributed by atoms with E-state index in [1.165, 1.54) is 0 Å². The first-order chi connectivity index (χ1) is 7.31. The number of rotatable bonds is 2. The summed E-state index contributed by atoms with van der Waals surface area (Å²) in [6.45, 7) is 1.41. The third-order valence-corrected chi connectivity index (χ3v) is 2.79. The molecule has 1 unspecified atom stereocenters. The van der Waals surface area contributed by atoms with Crippen molar-refractivity contribution in [2.24, 2.45) is 0 Å². The number of fused-ring (bicyclic) bond motifs is 1. The Hall–Kier alpha value is -0.930. The Balaban J connectivity index is 2.27. The zero-order valence-corrected chi connectivity index (χ0v) is 9.38. The Kier molecular flexibility index (Phi) is 3.34. The van der Waals surface area contributed by atoms with Gasteiger partial charge in [0.25, 0.3) is 0 Å². The summed E-state index contributed by atoms with van der Waals surface area (Å²) in [5, 5.41) is 2.97. The maximum Gasteiger partial charge on any atom is 0.161 e. The number of benzene rings is 1. The second-order valence-electron chi connectivity index (χ2n) is 3.41. The molecule has 1 aliphatic heterocycles. The molecule has 1 heterocycles. The van der Waals surface area contributed by atoms with Gasteiger partial charge in [-0.1, -0.05) is 6.07 Å². The Morgan fingerprint density at radius 3 is 2.73 bits per heavy atom. The highest BCUT2D eigenvalue weighted by Crippen LogP contribution is 2.32. The summed E-state index contributed by atoms with van der Waals surface area (Å²) in [7, 11) is 1.82. The maximum atomic E-state index is 6.07. The molecule has 0 radical (unpaired) electrons. The molecule has 2 rings (SSSR count). The zero-order chi connectivity index (χ0) is 10.7. The van der Waals surface area contributed by atoms with Crippen LogP contribution in [0.5, 0.6) is 11.5 Å². The largest absolute Gasteiger partial charge is 0.490 e. The SMILES string of the molecule is CNC(Cl)c1ccc2c(c1)OCCCO2. The highest BCUT2D eigenvalue weighted by atomic mass is 35.5. The second kappa shape index (κ2) is 4.73. The molecule has 0 bridgehead atoms. The van der Waals surface area contributed by atoms with Gasteiger partial charge in [0.2, 0.25) is 0 Å². The fourth-order valence-electron chi connectivity index (χ4n) is 1.50. The Labute approximate surface area is 94.3 Å². The van der Waals surface area contributed by atoms with Gasteiger partial charge in [0.1, 0.15) is 5.50 Å². The fraction of sp³-hybridized carbons (Fsp3) is 0.455. The van der Waals surface area contributed by atoms with E-state index in [2.05, 4.69) is 5.32 Å². The summed E-state index contributed by atoms with van der Waals surface area (Å²) in [6, 6.07) is 5.78. The van der Waals surface area contributed by atoms with Gasteiger partial charge >= 0.3 is 0 Å². The van der Waals surface area contributed by atoms with E-state index in [0.717, 1.165) is 23.5 Å². The Morgan fingerprint density at radius 2 is 2.00 bits per heavy atom. The van der Waals surface area contributed by atoms with Crippen molar-refractivity contribution in [3.05, 3.63) is 23.8 Å². The third kappa shape index (κ3) is 2.36. The second-order valence-corrected chi connectivity index (χ2v) is 3.84. The van der Waals surface area contributed by atoms with Gasteiger partial charge in [0.15, 0.2) is 11.5 Å². The number of hydrogen-bond acceptors (Lipinski definition) is 3. The van der Waals surface area contributed by atoms with Crippen LogP contribution in [0.2, 0.25) is 0 Å². The van der Waals surface area contributed by atoms with Crippen molar-refractivity contribution in [2.45, 2.75) is 11.9 Å². The summed E-state index contributed by atoms with van der Waals surface area (Å²) in [5.41, 5.74) is 0.797. The van der Waals surface area contributed by atoms with Crippen molar-refractivity contribution in [3.63, 3.8) is 0 Å². The minimum atomic E-state index is -0.192. The van der Waals surface area contributed by atoms with E-state index in [-0.39, 0.29) is 5.50 Å². The van der Waals surface area contributed by atoms with Crippen molar-refractivity contribution in [1.82, 2.24) is 5.32 Å². The topological polar surface area (TPSA) is 30.5 Å². The number of halogens is 1. The van der Waals surface area contributed by atoms with Crippen LogP contribution in [0.4, 0.5) is 0 Å². The van der Waals surface area contributed by atoms with E-state index in [1.807, 2.05) is 25.2 Å². The molecule has 15 heavy (non-hydrogen) atoms. The average molecular weight is 228 g/mol. The molecular weight excluding hydrogens is 214 g/mol. The van der Waals surface area contributed by atoms with Gasteiger partial charge in [-0.3, -0.25) is 0 Å². The number of hydrogen-bond donors (Lipinski definition) is 1. The molecule has 3 nitrogen and oxygen atoms in total. The third-order valence-electron chi connectivity index (χ3n) is 2.32. The quantitative estimate of drug-likeness (QED) is 0.621. The highest BCUT2D eigenvalue weighted by molar-refractivity contribution is 6.20. The van der Waals surface area contributed by atoms with E-state index < -0.39 is 0 Å². The van der Waals surface area contributed by atoms with Crippen LogP contribution >= 0.6 is 11.6 Å². The molecule has 1 aromatic carbocycles. The predicted octanol–water partition coefficient (Wildman–Crippen LogP) is 2.30. The molecule has 0 aromatic heterocycles. The van der Waals surface area contributed by atoms with Crippen LogP contribution in [0.15, 0.2) is 18.2 Å². The molecule has 0 fully saturated rings. The van der Waals surface area contributed by atoms with E-state index in [1.54, 1.807) is 0 Å². The van der Waals surface area contributed by atoms with Crippen LogP contribution < -0.4 is 14.8 Å². The average Bonchev–Trinajstić information content (AvgIpc) is 2.51. The molecule has 0 spiro atoms. The lowest BCUT2D eigenvalue weighted by Gasteiger charge is -2.12. The van der Waals surface area contributed by atoms with Crippen molar-refractivity contribution in [2.75, 3.05) is 20.3 Å². The van der Waals surface area contributed by atoms with Gasteiger partial charge in [0, 0.05) is 6.42 Å². The van der Waals surface area contributed by atoms with Crippen molar-refractivity contribution < 1.29 is 9.47 Å². The van der Waals surface area contributed by atoms with Gasteiger partial charge in [-0.15, -0.1) is 11.6 Å². The van der Waals surface area contributed by atoms with Crippen molar-refractivity contribution in [3.8, 4) is 11.5 Å². The number of alkyl halides is 1. The first-order valence-corrected chi connectivity index (χ1v) is 5.46. The van der Waals surface area contributed by atoms with Crippen LogP contribution in [0.3, 0.4) is 0 Å². The highest BCUT2D eigenvalue weighted by Gasteiger charge is 2.13.